The quantitative estimate of drug-likeness (QED) is 0.616. The van der Waals surface area contributed by atoms with Crippen LogP contribution in [-0.4, -0.2) is 23.0 Å². The van der Waals surface area contributed by atoms with Crippen LogP contribution in [0.3, 0.4) is 0 Å². The van der Waals surface area contributed by atoms with Crippen LogP contribution < -0.4 is 0 Å². The van der Waals surface area contributed by atoms with Crippen molar-refractivity contribution >= 4 is 11.8 Å². The van der Waals surface area contributed by atoms with Gasteiger partial charge >= 0.3 is 5.97 Å². The lowest BCUT2D eigenvalue weighted by Crippen LogP contribution is -2.31. The Labute approximate surface area is 107 Å². The third-order valence-corrected chi connectivity index (χ3v) is 2.41. The maximum Gasteiger partial charge on any atom is 0.377 e. The fourth-order valence-electron chi connectivity index (χ4n) is 1.48. The van der Waals surface area contributed by atoms with E-state index in [0.717, 1.165) is 5.56 Å². The Morgan fingerprint density at radius 3 is 2.39 bits per heavy atom. The number of esters is 1. The molecule has 0 fully saturated rings. The van der Waals surface area contributed by atoms with Crippen LogP contribution in [0.1, 0.15) is 25.8 Å². The van der Waals surface area contributed by atoms with E-state index in [0.29, 0.717) is 0 Å². The van der Waals surface area contributed by atoms with Crippen LogP contribution in [-0.2, 0) is 20.9 Å². The molecule has 0 aromatic heterocycles. The SMILES string of the molecule is CC(C)CC(O)C(=O)C(=O)OCc1ccccc1. The van der Waals surface area contributed by atoms with Crippen LogP contribution >= 0.6 is 0 Å². The van der Waals surface area contributed by atoms with Crippen molar-refractivity contribution < 1.29 is 19.4 Å². The van der Waals surface area contributed by atoms with Gasteiger partial charge in [-0.25, -0.2) is 4.79 Å². The van der Waals surface area contributed by atoms with E-state index in [-0.39, 0.29) is 18.9 Å². The summed E-state index contributed by atoms with van der Waals surface area (Å²) in [6.07, 6.45) is -1.01. The lowest BCUT2D eigenvalue weighted by Gasteiger charge is -2.11. The number of aliphatic hydroxyl groups excluding tert-OH is 1. The van der Waals surface area contributed by atoms with Crippen molar-refractivity contribution in [2.75, 3.05) is 0 Å². The summed E-state index contributed by atoms with van der Waals surface area (Å²) in [5, 5.41) is 9.51. The summed E-state index contributed by atoms with van der Waals surface area (Å²) in [5.41, 5.74) is 0.803. The third kappa shape index (κ3) is 4.67. The topological polar surface area (TPSA) is 63.6 Å². The van der Waals surface area contributed by atoms with E-state index >= 15 is 0 Å². The molecule has 4 heteroatoms. The molecule has 0 aliphatic rings. The lowest BCUT2D eigenvalue weighted by atomic mass is 10.0. The fraction of sp³-hybridized carbons (Fsp3) is 0.429. The van der Waals surface area contributed by atoms with E-state index in [1.165, 1.54) is 0 Å². The minimum atomic E-state index is -1.27. The van der Waals surface area contributed by atoms with E-state index in [2.05, 4.69) is 0 Å². The summed E-state index contributed by atoms with van der Waals surface area (Å²) >= 11 is 0. The van der Waals surface area contributed by atoms with Crippen molar-refractivity contribution in [2.24, 2.45) is 5.92 Å². The molecule has 98 valence electrons. The normalized spacial score (nSPS) is 12.2. The van der Waals surface area contributed by atoms with Crippen LogP contribution in [0.5, 0.6) is 0 Å². The van der Waals surface area contributed by atoms with Crippen molar-refractivity contribution in [1.29, 1.82) is 0 Å². The minimum Gasteiger partial charge on any atom is -0.455 e. The number of hydrogen-bond donors (Lipinski definition) is 1. The molecule has 1 N–H and O–H groups in total. The number of rotatable bonds is 6. The molecule has 1 aromatic carbocycles. The molecule has 0 radical (unpaired) electrons. The molecule has 0 bridgehead atoms. The van der Waals surface area contributed by atoms with E-state index in [4.69, 9.17) is 4.74 Å². The molecule has 0 aliphatic heterocycles. The number of hydrogen-bond acceptors (Lipinski definition) is 4. The molecule has 0 heterocycles. The second kappa shape index (κ2) is 6.91. The highest BCUT2D eigenvalue weighted by Crippen LogP contribution is 2.07. The van der Waals surface area contributed by atoms with Crippen LogP contribution in [0.4, 0.5) is 0 Å². The number of benzene rings is 1. The van der Waals surface area contributed by atoms with Gasteiger partial charge in [0.05, 0.1) is 0 Å². The van der Waals surface area contributed by atoms with Gasteiger partial charge in [0.2, 0.25) is 0 Å². The van der Waals surface area contributed by atoms with E-state index in [9.17, 15) is 14.7 Å². The van der Waals surface area contributed by atoms with Crippen molar-refractivity contribution in [3.63, 3.8) is 0 Å². The Kier molecular flexibility index (Phi) is 5.52. The monoisotopic (exact) mass is 250 g/mol. The van der Waals surface area contributed by atoms with Gasteiger partial charge in [0.25, 0.3) is 5.78 Å². The molecule has 0 aliphatic carbocycles. The zero-order valence-corrected chi connectivity index (χ0v) is 10.6. The highest BCUT2D eigenvalue weighted by molar-refractivity contribution is 6.35. The van der Waals surface area contributed by atoms with E-state index in [1.54, 1.807) is 12.1 Å². The first-order valence-electron chi connectivity index (χ1n) is 5.93. The van der Waals surface area contributed by atoms with Gasteiger partial charge in [-0.15, -0.1) is 0 Å². The molecule has 1 rings (SSSR count). The highest BCUT2D eigenvalue weighted by Gasteiger charge is 2.25. The van der Waals surface area contributed by atoms with Crippen molar-refractivity contribution in [1.82, 2.24) is 0 Å². The van der Waals surface area contributed by atoms with Crippen LogP contribution in [0.2, 0.25) is 0 Å². The summed E-state index contributed by atoms with van der Waals surface area (Å²) < 4.78 is 4.84. The summed E-state index contributed by atoms with van der Waals surface area (Å²) in [6.45, 7) is 3.78. The maximum absolute atomic E-state index is 11.5. The zero-order valence-electron chi connectivity index (χ0n) is 10.6. The number of ketones is 1. The summed E-state index contributed by atoms with van der Waals surface area (Å²) in [6, 6.07) is 9.07. The van der Waals surface area contributed by atoms with Gasteiger partial charge in [-0.05, 0) is 17.9 Å². The molecule has 18 heavy (non-hydrogen) atoms. The Bertz CT molecular complexity index is 398. The number of carbonyl (C=O) groups excluding carboxylic acids is 2. The number of carbonyl (C=O) groups is 2. The molecule has 0 saturated carbocycles. The van der Waals surface area contributed by atoms with Crippen LogP contribution in [0, 0.1) is 5.92 Å². The first-order chi connectivity index (χ1) is 8.50. The molecule has 1 unspecified atom stereocenters. The molecule has 1 aromatic rings. The third-order valence-electron chi connectivity index (χ3n) is 2.41. The molecular formula is C14H18O4. The Hall–Kier alpha value is -1.68. The predicted octanol–water partition coefficient (Wildman–Crippen LogP) is 1.71. The van der Waals surface area contributed by atoms with Gasteiger partial charge < -0.3 is 9.84 Å². The standard InChI is InChI=1S/C14H18O4/c1-10(2)8-12(15)13(16)14(17)18-9-11-6-4-3-5-7-11/h3-7,10,12,15H,8-9H2,1-2H3. The first-order valence-corrected chi connectivity index (χ1v) is 5.93. The largest absolute Gasteiger partial charge is 0.455 e. The lowest BCUT2D eigenvalue weighted by molar-refractivity contribution is -0.158. The molecular weight excluding hydrogens is 232 g/mol. The van der Waals surface area contributed by atoms with Gasteiger partial charge in [0.1, 0.15) is 12.7 Å². The fourth-order valence-corrected chi connectivity index (χ4v) is 1.48. The number of ether oxygens (including phenoxy) is 1. The van der Waals surface area contributed by atoms with Gasteiger partial charge in [-0.2, -0.15) is 0 Å². The van der Waals surface area contributed by atoms with Crippen molar-refractivity contribution in [2.45, 2.75) is 33.0 Å². The second-order valence-electron chi connectivity index (χ2n) is 4.57. The maximum atomic E-state index is 11.5. The Morgan fingerprint density at radius 2 is 1.83 bits per heavy atom. The Morgan fingerprint density at radius 1 is 1.22 bits per heavy atom. The second-order valence-corrected chi connectivity index (χ2v) is 4.57. The zero-order chi connectivity index (χ0) is 13.5. The van der Waals surface area contributed by atoms with Crippen molar-refractivity contribution in [3.8, 4) is 0 Å². The molecule has 1 atom stereocenters. The first kappa shape index (κ1) is 14.4. The van der Waals surface area contributed by atoms with Crippen LogP contribution in [0.15, 0.2) is 30.3 Å². The summed E-state index contributed by atoms with van der Waals surface area (Å²) in [4.78, 5) is 22.9. The molecule has 4 nitrogen and oxygen atoms in total. The minimum absolute atomic E-state index is 0.0415. The predicted molar refractivity (Wildman–Crippen MR) is 66.7 cm³/mol. The smallest absolute Gasteiger partial charge is 0.377 e. The van der Waals surface area contributed by atoms with Crippen LogP contribution in [0.25, 0.3) is 0 Å². The van der Waals surface area contributed by atoms with Crippen molar-refractivity contribution in [3.05, 3.63) is 35.9 Å². The summed E-state index contributed by atoms with van der Waals surface area (Å²) in [5.74, 6) is -1.71. The van der Waals surface area contributed by atoms with E-state index in [1.807, 2.05) is 32.0 Å². The molecule has 0 amide bonds. The molecule has 0 saturated heterocycles. The number of aliphatic hydroxyl groups is 1. The van der Waals surface area contributed by atoms with Gasteiger partial charge in [0.15, 0.2) is 0 Å². The number of Topliss-reactive ketones (excluding diaryl/α,β-unsaturated/α-hetero) is 1. The summed E-state index contributed by atoms with van der Waals surface area (Å²) in [7, 11) is 0. The highest BCUT2D eigenvalue weighted by atomic mass is 16.5. The van der Waals surface area contributed by atoms with E-state index < -0.39 is 17.9 Å². The average molecular weight is 250 g/mol. The Balaban J connectivity index is 2.43. The molecule has 0 spiro atoms. The van der Waals surface area contributed by atoms with Gasteiger partial charge in [-0.1, -0.05) is 44.2 Å². The average Bonchev–Trinajstić information content (AvgIpc) is 2.35. The van der Waals surface area contributed by atoms with Gasteiger partial charge in [-0.3, -0.25) is 4.79 Å². The van der Waals surface area contributed by atoms with Gasteiger partial charge in [0, 0.05) is 0 Å².